The van der Waals surface area contributed by atoms with E-state index in [-0.39, 0.29) is 29.4 Å². The topological polar surface area (TPSA) is 94.8 Å². The van der Waals surface area contributed by atoms with Crippen molar-refractivity contribution < 1.29 is 18.6 Å². The Morgan fingerprint density at radius 3 is 2.68 bits per heavy atom. The summed E-state index contributed by atoms with van der Waals surface area (Å²) >= 11 is 0. The number of hydrogen-bond acceptors (Lipinski definition) is 8. The van der Waals surface area contributed by atoms with Crippen LogP contribution in [-0.4, -0.2) is 63.6 Å². The second kappa shape index (κ2) is 7.66. The number of ether oxygens (including phenoxy) is 3. The zero-order chi connectivity index (χ0) is 17.8. The van der Waals surface area contributed by atoms with Crippen molar-refractivity contribution in [2.45, 2.75) is 0 Å². The van der Waals surface area contributed by atoms with Crippen molar-refractivity contribution >= 4 is 22.7 Å². The van der Waals surface area contributed by atoms with Crippen molar-refractivity contribution in [3.63, 3.8) is 0 Å². The third kappa shape index (κ3) is 3.52. The minimum Gasteiger partial charge on any atom is -0.493 e. The van der Waals surface area contributed by atoms with Crippen molar-refractivity contribution in [2.24, 2.45) is 0 Å². The first-order valence-electron chi connectivity index (χ1n) is 8.06. The third-order valence-electron chi connectivity index (χ3n) is 4.02. The molecule has 0 radical (unpaired) electrons. The lowest BCUT2D eigenvalue weighted by atomic mass is 10.2. The molecule has 0 unspecified atom stereocenters. The van der Waals surface area contributed by atoms with Gasteiger partial charge in [-0.25, -0.2) is 9.37 Å². The van der Waals surface area contributed by atoms with Gasteiger partial charge in [-0.3, -0.25) is 0 Å². The summed E-state index contributed by atoms with van der Waals surface area (Å²) in [5.74, 6) is 0.247. The van der Waals surface area contributed by atoms with Crippen LogP contribution < -0.4 is 25.4 Å². The molecule has 2 aromatic rings. The maximum Gasteiger partial charge on any atom is 0.228 e. The number of rotatable bonds is 6. The highest BCUT2D eigenvalue weighted by Gasteiger charge is 2.22. The molecule has 1 saturated heterocycles. The zero-order valence-corrected chi connectivity index (χ0v) is 14.3. The molecule has 1 aromatic carbocycles. The van der Waals surface area contributed by atoms with E-state index in [1.807, 2.05) is 4.90 Å². The summed E-state index contributed by atoms with van der Waals surface area (Å²) in [7, 11) is 2.99. The van der Waals surface area contributed by atoms with Crippen molar-refractivity contribution in [1.29, 1.82) is 0 Å². The van der Waals surface area contributed by atoms with Crippen LogP contribution in [0.1, 0.15) is 0 Å². The fourth-order valence-corrected chi connectivity index (χ4v) is 2.72. The van der Waals surface area contributed by atoms with Crippen LogP contribution in [0.5, 0.6) is 11.5 Å². The van der Waals surface area contributed by atoms with Crippen LogP contribution in [0.2, 0.25) is 0 Å². The lowest BCUT2D eigenvalue weighted by Crippen LogP contribution is -2.44. The standard InChI is InChI=1S/C16H22FN5O3/c1-23-7-8-25-14-11(24-2)9-10-13(12(14)17)20-16(21-15(10)18)22-5-3-19-4-6-22/h9,19H,3-8H2,1-2H3,(H2,18,20,21). The predicted molar refractivity (Wildman–Crippen MR) is 92.9 cm³/mol. The fraction of sp³-hybridized carbons (Fsp3) is 0.500. The van der Waals surface area contributed by atoms with E-state index in [2.05, 4.69) is 15.3 Å². The number of benzene rings is 1. The summed E-state index contributed by atoms with van der Waals surface area (Å²) in [5, 5.41) is 3.65. The second-order valence-corrected chi connectivity index (χ2v) is 5.61. The quantitative estimate of drug-likeness (QED) is 0.738. The van der Waals surface area contributed by atoms with Gasteiger partial charge in [0.25, 0.3) is 0 Å². The van der Waals surface area contributed by atoms with Crippen molar-refractivity contribution in [1.82, 2.24) is 15.3 Å². The number of nitrogen functional groups attached to an aromatic ring is 1. The van der Waals surface area contributed by atoms with Gasteiger partial charge in [0.1, 0.15) is 17.9 Å². The van der Waals surface area contributed by atoms with Gasteiger partial charge in [-0.05, 0) is 6.07 Å². The maximum absolute atomic E-state index is 15.0. The first-order valence-corrected chi connectivity index (χ1v) is 8.06. The molecule has 0 saturated carbocycles. The Kier molecular flexibility index (Phi) is 5.34. The highest BCUT2D eigenvalue weighted by atomic mass is 19.1. The van der Waals surface area contributed by atoms with Crippen LogP contribution in [0.4, 0.5) is 16.2 Å². The predicted octanol–water partition coefficient (Wildman–Crippen LogP) is 0.794. The molecule has 0 bridgehead atoms. The van der Waals surface area contributed by atoms with Gasteiger partial charge in [0.05, 0.1) is 13.7 Å². The molecule has 9 heteroatoms. The Balaban J connectivity index is 2.06. The highest BCUT2D eigenvalue weighted by molar-refractivity contribution is 5.92. The van der Waals surface area contributed by atoms with Gasteiger partial charge in [-0.15, -0.1) is 0 Å². The molecule has 1 aromatic heterocycles. The molecule has 3 N–H and O–H groups in total. The smallest absolute Gasteiger partial charge is 0.228 e. The Morgan fingerprint density at radius 2 is 2.00 bits per heavy atom. The van der Waals surface area contributed by atoms with Gasteiger partial charge in [0.2, 0.25) is 5.95 Å². The molecule has 0 atom stereocenters. The summed E-state index contributed by atoms with van der Waals surface area (Å²) in [6.45, 7) is 3.63. The highest BCUT2D eigenvalue weighted by Crippen LogP contribution is 2.37. The van der Waals surface area contributed by atoms with Gasteiger partial charge < -0.3 is 30.2 Å². The molecular formula is C16H22FN5O3. The number of nitrogens with zero attached hydrogens (tertiary/aromatic N) is 3. The third-order valence-corrected chi connectivity index (χ3v) is 4.02. The minimum absolute atomic E-state index is 0.00332. The van der Waals surface area contributed by atoms with Crippen LogP contribution in [0.15, 0.2) is 6.07 Å². The van der Waals surface area contributed by atoms with Gasteiger partial charge in [0.15, 0.2) is 17.3 Å². The number of nitrogens with one attached hydrogen (secondary N) is 1. The molecule has 136 valence electrons. The molecule has 8 nitrogen and oxygen atoms in total. The monoisotopic (exact) mass is 351 g/mol. The van der Waals surface area contributed by atoms with Crippen LogP contribution in [-0.2, 0) is 4.74 Å². The Labute approximate surface area is 145 Å². The van der Waals surface area contributed by atoms with E-state index in [9.17, 15) is 0 Å². The number of aromatic nitrogens is 2. The van der Waals surface area contributed by atoms with E-state index in [0.717, 1.165) is 26.2 Å². The van der Waals surface area contributed by atoms with Gasteiger partial charge in [-0.1, -0.05) is 0 Å². The zero-order valence-electron chi connectivity index (χ0n) is 14.3. The molecule has 25 heavy (non-hydrogen) atoms. The van der Waals surface area contributed by atoms with E-state index in [1.54, 1.807) is 13.2 Å². The molecule has 0 amide bonds. The van der Waals surface area contributed by atoms with Gasteiger partial charge in [0, 0.05) is 38.7 Å². The van der Waals surface area contributed by atoms with Crippen LogP contribution in [0.3, 0.4) is 0 Å². The maximum atomic E-state index is 15.0. The van der Waals surface area contributed by atoms with Crippen LogP contribution >= 0.6 is 0 Å². The first-order chi connectivity index (χ1) is 12.2. The van der Waals surface area contributed by atoms with Crippen LogP contribution in [0, 0.1) is 5.82 Å². The number of anilines is 2. The number of fused-ring (bicyclic) bond motifs is 1. The SMILES string of the molecule is COCCOc1c(OC)cc2c(N)nc(N3CCNCC3)nc2c1F. The lowest BCUT2D eigenvalue weighted by Gasteiger charge is -2.27. The van der Waals surface area contributed by atoms with Gasteiger partial charge in [-0.2, -0.15) is 4.98 Å². The van der Waals surface area contributed by atoms with E-state index < -0.39 is 5.82 Å². The molecule has 0 spiro atoms. The molecule has 0 aliphatic carbocycles. The van der Waals surface area contributed by atoms with E-state index in [1.165, 1.54) is 7.11 Å². The lowest BCUT2D eigenvalue weighted by molar-refractivity contribution is 0.141. The molecule has 1 fully saturated rings. The van der Waals surface area contributed by atoms with Crippen molar-refractivity contribution in [3.8, 4) is 11.5 Å². The van der Waals surface area contributed by atoms with Gasteiger partial charge >= 0.3 is 0 Å². The van der Waals surface area contributed by atoms with Crippen molar-refractivity contribution in [3.05, 3.63) is 11.9 Å². The van der Waals surface area contributed by atoms with E-state index in [0.29, 0.717) is 17.9 Å². The Hall–Kier alpha value is -2.39. The Morgan fingerprint density at radius 1 is 1.24 bits per heavy atom. The van der Waals surface area contributed by atoms with E-state index >= 15 is 4.39 Å². The fourth-order valence-electron chi connectivity index (χ4n) is 2.72. The van der Waals surface area contributed by atoms with Crippen LogP contribution in [0.25, 0.3) is 10.9 Å². The summed E-state index contributed by atoms with van der Waals surface area (Å²) < 4.78 is 30.7. The largest absolute Gasteiger partial charge is 0.493 e. The first kappa shape index (κ1) is 17.4. The summed E-state index contributed by atoms with van der Waals surface area (Å²) in [5.41, 5.74) is 6.17. The molecule has 2 heterocycles. The average molecular weight is 351 g/mol. The molecule has 1 aliphatic heterocycles. The number of halogens is 1. The normalized spacial score (nSPS) is 14.8. The summed E-state index contributed by atoms with van der Waals surface area (Å²) in [6, 6.07) is 1.59. The Bertz CT molecular complexity index is 752. The van der Waals surface area contributed by atoms with E-state index in [4.69, 9.17) is 19.9 Å². The molecular weight excluding hydrogens is 329 g/mol. The second-order valence-electron chi connectivity index (χ2n) is 5.61. The number of hydrogen-bond donors (Lipinski definition) is 2. The molecule has 1 aliphatic rings. The van der Waals surface area contributed by atoms with Crippen molar-refractivity contribution in [2.75, 3.05) is 64.2 Å². The number of piperazine rings is 1. The summed E-state index contributed by atoms with van der Waals surface area (Å²) in [4.78, 5) is 10.7. The number of nitrogens with two attached hydrogens (primary N) is 1. The average Bonchev–Trinajstić information content (AvgIpc) is 2.64. The minimum atomic E-state index is -0.615. The molecule has 3 rings (SSSR count). The summed E-state index contributed by atoms with van der Waals surface area (Å²) in [6.07, 6.45) is 0. The number of methoxy groups -OCH3 is 2.